The smallest absolute Gasteiger partial charge is 0.249 e. The fourth-order valence-electron chi connectivity index (χ4n) is 6.25. The van der Waals surface area contributed by atoms with Gasteiger partial charge in [-0.3, -0.25) is 9.69 Å². The van der Waals surface area contributed by atoms with Gasteiger partial charge in [0.2, 0.25) is 5.91 Å². The van der Waals surface area contributed by atoms with E-state index in [1.54, 1.807) is 7.11 Å². The number of likely N-dealkylation sites (tertiary alicyclic amines) is 2. The number of amides is 1. The summed E-state index contributed by atoms with van der Waals surface area (Å²) in [6.45, 7) is 2.64. The fraction of sp³-hybridized carbons (Fsp3) is 0.682. The third kappa shape index (κ3) is 2.78. The van der Waals surface area contributed by atoms with Crippen molar-refractivity contribution in [2.75, 3.05) is 20.8 Å². The van der Waals surface area contributed by atoms with Crippen molar-refractivity contribution < 1.29 is 9.53 Å². The van der Waals surface area contributed by atoms with Crippen molar-refractivity contribution in [1.82, 2.24) is 9.80 Å². The Bertz CT molecular complexity index is 649. The molecule has 2 aliphatic heterocycles. The molecule has 4 heteroatoms. The zero-order valence-corrected chi connectivity index (χ0v) is 16.4. The minimum Gasteiger partial charge on any atom is -0.375 e. The van der Waals surface area contributed by atoms with Crippen LogP contribution in [0.5, 0.6) is 0 Å². The molecule has 1 saturated carbocycles. The number of ether oxygens (including phenoxy) is 1. The van der Waals surface area contributed by atoms with E-state index in [4.69, 9.17) is 4.74 Å². The lowest BCUT2D eigenvalue weighted by atomic mass is 9.69. The molecule has 0 spiro atoms. The van der Waals surface area contributed by atoms with Crippen molar-refractivity contribution in [3.8, 4) is 0 Å². The van der Waals surface area contributed by atoms with Crippen LogP contribution in [0.15, 0.2) is 30.3 Å². The van der Waals surface area contributed by atoms with Crippen LogP contribution in [0, 0.1) is 5.41 Å². The van der Waals surface area contributed by atoms with E-state index in [0.717, 1.165) is 19.3 Å². The van der Waals surface area contributed by atoms with E-state index in [1.165, 1.54) is 24.8 Å². The standard InChI is InChI=1S/C22H32N2O2/c1-22-14-18-17(13-16-9-5-4-6-10-16)23(2)19(22)11-7-8-12-20(22)24(18)21(25)15-26-3/h4-6,9-10,17-20H,7-8,11-15H2,1-3H3/t17-,18-,19+,20-,22+/m0/s1. The Morgan fingerprint density at radius 1 is 1.19 bits per heavy atom. The highest BCUT2D eigenvalue weighted by molar-refractivity contribution is 5.79. The summed E-state index contributed by atoms with van der Waals surface area (Å²) in [6, 6.07) is 12.4. The molecule has 1 amide bonds. The number of carbonyl (C=O) groups is 1. The predicted molar refractivity (Wildman–Crippen MR) is 103 cm³/mol. The second-order valence-electron chi connectivity index (χ2n) is 8.75. The second-order valence-corrected chi connectivity index (χ2v) is 8.75. The Labute approximate surface area is 157 Å². The molecule has 3 fully saturated rings. The molecule has 2 heterocycles. The molecule has 0 unspecified atom stereocenters. The Balaban J connectivity index is 1.71. The first-order valence-corrected chi connectivity index (χ1v) is 10.1. The average molecular weight is 357 g/mol. The maximum absolute atomic E-state index is 13.0. The van der Waals surface area contributed by atoms with Crippen LogP contribution in [-0.4, -0.2) is 60.6 Å². The van der Waals surface area contributed by atoms with Crippen LogP contribution in [0.4, 0.5) is 0 Å². The van der Waals surface area contributed by atoms with Gasteiger partial charge in [0.05, 0.1) is 0 Å². The van der Waals surface area contributed by atoms with Crippen LogP contribution < -0.4 is 0 Å². The lowest BCUT2D eigenvalue weighted by Crippen LogP contribution is -2.58. The lowest BCUT2D eigenvalue weighted by Gasteiger charge is -2.49. The number of benzene rings is 1. The summed E-state index contributed by atoms with van der Waals surface area (Å²) in [6.07, 6.45) is 7.06. The molecule has 4 nitrogen and oxygen atoms in total. The number of carbonyl (C=O) groups excluding carboxylic acids is 1. The number of fused-ring (bicyclic) bond motifs is 1. The van der Waals surface area contributed by atoms with Gasteiger partial charge in [-0.2, -0.15) is 0 Å². The predicted octanol–water partition coefficient (Wildman–Crippen LogP) is 3.11. The van der Waals surface area contributed by atoms with Crippen LogP contribution in [0.25, 0.3) is 0 Å². The quantitative estimate of drug-likeness (QED) is 0.831. The molecule has 3 aliphatic rings. The lowest BCUT2D eigenvalue weighted by molar-refractivity contribution is -0.139. The molecule has 1 aliphatic carbocycles. The minimum atomic E-state index is 0.181. The van der Waals surface area contributed by atoms with Crippen LogP contribution in [0.2, 0.25) is 0 Å². The van der Waals surface area contributed by atoms with Gasteiger partial charge in [-0.25, -0.2) is 0 Å². The molecule has 26 heavy (non-hydrogen) atoms. The Kier molecular flexibility index (Phi) is 4.83. The van der Waals surface area contributed by atoms with Gasteiger partial charge in [0.15, 0.2) is 0 Å². The Hall–Kier alpha value is -1.39. The average Bonchev–Trinajstić information content (AvgIpc) is 2.78. The first-order chi connectivity index (χ1) is 12.6. The molecule has 1 aromatic carbocycles. The van der Waals surface area contributed by atoms with Crippen LogP contribution >= 0.6 is 0 Å². The number of piperidine rings is 1. The molecule has 0 radical (unpaired) electrons. The summed E-state index contributed by atoms with van der Waals surface area (Å²) < 4.78 is 5.24. The Morgan fingerprint density at radius 3 is 2.58 bits per heavy atom. The van der Waals surface area contributed by atoms with Gasteiger partial charge in [-0.05, 0) is 38.3 Å². The first kappa shape index (κ1) is 18.0. The maximum Gasteiger partial charge on any atom is 0.249 e. The van der Waals surface area contributed by atoms with E-state index in [0.29, 0.717) is 24.2 Å². The SMILES string of the molecule is COCC(=O)N1[C@H]2CCCC[C@H]3N(C)[C@@H](Cc4ccccc4)[C@@H]1C[C@@]23C. The van der Waals surface area contributed by atoms with Gasteiger partial charge in [0, 0.05) is 36.7 Å². The van der Waals surface area contributed by atoms with Crippen molar-refractivity contribution in [2.45, 2.75) is 69.6 Å². The number of hydrogen-bond donors (Lipinski definition) is 0. The largest absolute Gasteiger partial charge is 0.375 e. The summed E-state index contributed by atoms with van der Waals surface area (Å²) in [7, 11) is 3.93. The van der Waals surface area contributed by atoms with Gasteiger partial charge >= 0.3 is 0 Å². The molecule has 5 atom stereocenters. The van der Waals surface area contributed by atoms with Crippen LogP contribution in [0.1, 0.15) is 44.6 Å². The highest BCUT2D eigenvalue weighted by Crippen LogP contribution is 2.55. The molecule has 4 rings (SSSR count). The summed E-state index contributed by atoms with van der Waals surface area (Å²) >= 11 is 0. The van der Waals surface area contributed by atoms with Crippen molar-refractivity contribution >= 4 is 5.91 Å². The number of rotatable bonds is 4. The van der Waals surface area contributed by atoms with E-state index in [-0.39, 0.29) is 17.9 Å². The first-order valence-electron chi connectivity index (χ1n) is 10.1. The van der Waals surface area contributed by atoms with E-state index in [9.17, 15) is 4.79 Å². The zero-order valence-electron chi connectivity index (χ0n) is 16.4. The van der Waals surface area contributed by atoms with E-state index in [1.807, 2.05) is 0 Å². The van der Waals surface area contributed by atoms with Gasteiger partial charge in [0.25, 0.3) is 0 Å². The number of likely N-dealkylation sites (N-methyl/N-ethyl adjacent to an activating group) is 1. The van der Waals surface area contributed by atoms with Crippen molar-refractivity contribution in [2.24, 2.45) is 5.41 Å². The number of methoxy groups -OCH3 is 1. The molecular formula is C22H32N2O2. The molecule has 0 aromatic heterocycles. The van der Waals surface area contributed by atoms with Crippen molar-refractivity contribution in [1.29, 1.82) is 0 Å². The van der Waals surface area contributed by atoms with Gasteiger partial charge in [-0.15, -0.1) is 0 Å². The summed E-state index contributed by atoms with van der Waals surface area (Å²) in [4.78, 5) is 17.9. The monoisotopic (exact) mass is 356 g/mol. The minimum absolute atomic E-state index is 0.181. The van der Waals surface area contributed by atoms with Crippen molar-refractivity contribution in [3.63, 3.8) is 0 Å². The van der Waals surface area contributed by atoms with Gasteiger partial charge < -0.3 is 9.64 Å². The van der Waals surface area contributed by atoms with Crippen LogP contribution in [0.3, 0.4) is 0 Å². The molecule has 2 bridgehead atoms. The van der Waals surface area contributed by atoms with E-state index >= 15 is 0 Å². The summed E-state index contributed by atoms with van der Waals surface area (Å²) in [5, 5.41) is 0. The molecule has 1 aromatic rings. The third-order valence-electron chi connectivity index (χ3n) is 7.37. The highest BCUT2D eigenvalue weighted by atomic mass is 16.5. The Morgan fingerprint density at radius 2 is 1.88 bits per heavy atom. The van der Waals surface area contributed by atoms with Gasteiger partial charge in [0.1, 0.15) is 6.61 Å². The van der Waals surface area contributed by atoms with Gasteiger partial charge in [-0.1, -0.05) is 50.1 Å². The molecule has 0 N–H and O–H groups in total. The number of nitrogens with zero attached hydrogens (tertiary/aromatic N) is 2. The topological polar surface area (TPSA) is 32.8 Å². The van der Waals surface area contributed by atoms with E-state index < -0.39 is 0 Å². The fourth-order valence-corrected chi connectivity index (χ4v) is 6.25. The van der Waals surface area contributed by atoms with E-state index in [2.05, 4.69) is 54.1 Å². The number of hydrogen-bond acceptors (Lipinski definition) is 3. The summed E-state index contributed by atoms with van der Waals surface area (Å²) in [5.41, 5.74) is 1.58. The normalized spacial score (nSPS) is 36.8. The molecule has 2 saturated heterocycles. The second kappa shape index (κ2) is 6.97. The highest BCUT2D eigenvalue weighted by Gasteiger charge is 2.61. The molecular weight excluding hydrogens is 324 g/mol. The third-order valence-corrected chi connectivity index (χ3v) is 7.37. The molecule has 142 valence electrons. The maximum atomic E-state index is 13.0. The van der Waals surface area contributed by atoms with Crippen molar-refractivity contribution in [3.05, 3.63) is 35.9 Å². The summed E-state index contributed by atoms with van der Waals surface area (Å²) in [5.74, 6) is 0.181. The van der Waals surface area contributed by atoms with Crippen LogP contribution in [-0.2, 0) is 16.0 Å². The zero-order chi connectivity index (χ0) is 18.3.